The number of aromatic nitrogens is 2. The number of carbonyl (C=O) groups is 1. The molecule has 2 rings (SSSR count). The fourth-order valence-electron chi connectivity index (χ4n) is 2.26. The lowest BCUT2D eigenvalue weighted by Gasteiger charge is -2.34. The topological polar surface area (TPSA) is 72.1 Å². The summed E-state index contributed by atoms with van der Waals surface area (Å²) < 4.78 is 0.748. The Morgan fingerprint density at radius 2 is 2.33 bits per heavy atom. The third-order valence-corrected chi connectivity index (χ3v) is 3.58. The molecule has 1 fully saturated rings. The van der Waals surface area contributed by atoms with Gasteiger partial charge in [-0.1, -0.05) is 6.92 Å². The van der Waals surface area contributed by atoms with E-state index in [9.17, 15) is 4.79 Å². The van der Waals surface area contributed by atoms with Crippen LogP contribution in [0.5, 0.6) is 0 Å². The van der Waals surface area contributed by atoms with Crippen molar-refractivity contribution in [3.63, 3.8) is 0 Å². The second-order valence-corrected chi connectivity index (χ2v) is 5.24. The summed E-state index contributed by atoms with van der Waals surface area (Å²) >= 11 is 3.38. The van der Waals surface area contributed by atoms with Crippen molar-refractivity contribution in [2.24, 2.45) is 5.73 Å². The minimum absolute atomic E-state index is 0.245. The van der Waals surface area contributed by atoms with E-state index in [0.29, 0.717) is 0 Å². The number of anilines is 1. The van der Waals surface area contributed by atoms with E-state index in [1.165, 1.54) is 0 Å². The van der Waals surface area contributed by atoms with Gasteiger partial charge in [0.1, 0.15) is 22.3 Å². The van der Waals surface area contributed by atoms with Crippen molar-refractivity contribution in [3.8, 4) is 0 Å². The number of hydrogen-bond acceptors (Lipinski definition) is 4. The van der Waals surface area contributed by atoms with E-state index >= 15 is 0 Å². The van der Waals surface area contributed by atoms with Crippen LogP contribution in [0.25, 0.3) is 0 Å². The Morgan fingerprint density at radius 3 is 3.00 bits per heavy atom. The molecule has 0 radical (unpaired) electrons. The zero-order valence-corrected chi connectivity index (χ0v) is 12.0. The molecule has 0 saturated carbocycles. The van der Waals surface area contributed by atoms with Crippen molar-refractivity contribution < 1.29 is 4.79 Å². The average molecular weight is 313 g/mol. The van der Waals surface area contributed by atoms with Crippen LogP contribution in [0.15, 0.2) is 10.7 Å². The summed E-state index contributed by atoms with van der Waals surface area (Å²) in [5.41, 5.74) is 5.47. The summed E-state index contributed by atoms with van der Waals surface area (Å²) in [7, 11) is 0. The van der Waals surface area contributed by atoms with Gasteiger partial charge in [0, 0.05) is 19.0 Å². The number of aryl methyl sites for hydroxylation is 1. The quantitative estimate of drug-likeness (QED) is 0.861. The number of carbonyl (C=O) groups excluding carboxylic acids is 1. The molecule has 0 aliphatic carbocycles. The molecule has 2 heterocycles. The first-order valence-electron chi connectivity index (χ1n) is 6.21. The number of hydrogen-bond donors (Lipinski definition) is 1. The average Bonchev–Trinajstić information content (AvgIpc) is 2.38. The molecule has 5 nitrogen and oxygen atoms in total. The van der Waals surface area contributed by atoms with E-state index in [4.69, 9.17) is 5.73 Å². The summed E-state index contributed by atoms with van der Waals surface area (Å²) in [6, 6.07) is 1.60. The first-order valence-corrected chi connectivity index (χ1v) is 7.00. The summed E-state index contributed by atoms with van der Waals surface area (Å²) in [5, 5.41) is 0. The van der Waals surface area contributed by atoms with Crippen LogP contribution < -0.4 is 10.6 Å². The van der Waals surface area contributed by atoms with Gasteiger partial charge in [0.25, 0.3) is 0 Å². The fourth-order valence-corrected chi connectivity index (χ4v) is 2.67. The third-order valence-electron chi connectivity index (χ3n) is 3.17. The first kappa shape index (κ1) is 13.3. The molecule has 1 aliphatic rings. The van der Waals surface area contributed by atoms with Gasteiger partial charge in [-0.3, -0.25) is 4.79 Å². The molecule has 0 spiro atoms. The Morgan fingerprint density at radius 1 is 1.56 bits per heavy atom. The number of primary amides is 1. The summed E-state index contributed by atoms with van der Waals surface area (Å²) in [6.45, 7) is 2.83. The van der Waals surface area contributed by atoms with Gasteiger partial charge in [0.05, 0.1) is 0 Å². The molecule has 1 saturated heterocycles. The van der Waals surface area contributed by atoms with Crippen molar-refractivity contribution >= 4 is 27.7 Å². The van der Waals surface area contributed by atoms with Crippen molar-refractivity contribution in [1.29, 1.82) is 0 Å². The lowest BCUT2D eigenvalue weighted by molar-refractivity contribution is -0.119. The highest BCUT2D eigenvalue weighted by atomic mass is 79.9. The van der Waals surface area contributed by atoms with Crippen LogP contribution >= 0.6 is 15.9 Å². The molecule has 0 aromatic carbocycles. The Labute approximate surface area is 115 Å². The van der Waals surface area contributed by atoms with Crippen LogP contribution in [0.4, 0.5) is 5.82 Å². The zero-order chi connectivity index (χ0) is 13.1. The van der Waals surface area contributed by atoms with Gasteiger partial charge in [0.2, 0.25) is 5.91 Å². The molecule has 1 aromatic heterocycles. The Kier molecular flexibility index (Phi) is 4.16. The lowest BCUT2D eigenvalue weighted by atomic mass is 10.0. The standard InChI is InChI=1S/C12H17BrN4O/c1-2-10-15-9(13)7-11(16-10)17-6-4-3-5-8(17)12(14)18/h7-8H,2-6H2,1H3,(H2,14,18). The smallest absolute Gasteiger partial charge is 0.240 e. The van der Waals surface area contributed by atoms with E-state index in [1.54, 1.807) is 0 Å². The van der Waals surface area contributed by atoms with E-state index in [2.05, 4.69) is 25.9 Å². The normalized spacial score (nSPS) is 19.9. The fraction of sp³-hybridized carbons (Fsp3) is 0.583. The van der Waals surface area contributed by atoms with Gasteiger partial charge in [-0.25, -0.2) is 9.97 Å². The SMILES string of the molecule is CCc1nc(Br)cc(N2CCCCC2C(N)=O)n1. The van der Waals surface area contributed by atoms with Crippen LogP contribution in [0.3, 0.4) is 0 Å². The molecular weight excluding hydrogens is 296 g/mol. The summed E-state index contributed by atoms with van der Waals surface area (Å²) in [5.74, 6) is 1.29. The van der Waals surface area contributed by atoms with Crippen molar-refractivity contribution in [3.05, 3.63) is 16.5 Å². The highest BCUT2D eigenvalue weighted by Gasteiger charge is 2.28. The third kappa shape index (κ3) is 2.80. The predicted molar refractivity (Wildman–Crippen MR) is 73.3 cm³/mol. The number of amides is 1. The Balaban J connectivity index is 2.33. The minimum atomic E-state index is -0.275. The van der Waals surface area contributed by atoms with Crippen LogP contribution in [0, 0.1) is 0 Å². The van der Waals surface area contributed by atoms with Gasteiger partial charge in [0.15, 0.2) is 0 Å². The number of halogens is 1. The highest BCUT2D eigenvalue weighted by Crippen LogP contribution is 2.25. The van der Waals surface area contributed by atoms with Gasteiger partial charge >= 0.3 is 0 Å². The first-order chi connectivity index (χ1) is 8.61. The van der Waals surface area contributed by atoms with E-state index in [-0.39, 0.29) is 11.9 Å². The molecule has 1 aromatic rings. The largest absolute Gasteiger partial charge is 0.368 e. The molecule has 98 valence electrons. The Bertz CT molecular complexity index is 452. The van der Waals surface area contributed by atoms with Crippen LogP contribution in [0.1, 0.15) is 32.0 Å². The van der Waals surface area contributed by atoms with Crippen molar-refractivity contribution in [2.45, 2.75) is 38.6 Å². The second-order valence-electron chi connectivity index (χ2n) is 4.43. The second kappa shape index (κ2) is 5.65. The molecule has 1 atom stereocenters. The molecule has 0 bridgehead atoms. The van der Waals surface area contributed by atoms with Gasteiger partial charge < -0.3 is 10.6 Å². The summed E-state index contributed by atoms with van der Waals surface area (Å²) in [6.07, 6.45) is 3.67. The maximum Gasteiger partial charge on any atom is 0.240 e. The molecule has 2 N–H and O–H groups in total. The van der Waals surface area contributed by atoms with Gasteiger partial charge in [-0.15, -0.1) is 0 Å². The van der Waals surface area contributed by atoms with E-state index in [0.717, 1.165) is 48.5 Å². The lowest BCUT2D eigenvalue weighted by Crippen LogP contribution is -2.48. The number of nitrogens with two attached hydrogens (primary N) is 1. The highest BCUT2D eigenvalue weighted by molar-refractivity contribution is 9.10. The van der Waals surface area contributed by atoms with Gasteiger partial charge in [-0.2, -0.15) is 0 Å². The zero-order valence-electron chi connectivity index (χ0n) is 10.4. The predicted octanol–water partition coefficient (Wildman–Crippen LogP) is 1.65. The molecule has 6 heteroatoms. The number of nitrogens with zero attached hydrogens (tertiary/aromatic N) is 3. The Hall–Kier alpha value is -1.17. The molecule has 1 amide bonds. The van der Waals surface area contributed by atoms with Crippen LogP contribution in [-0.2, 0) is 11.2 Å². The maximum atomic E-state index is 11.5. The molecule has 18 heavy (non-hydrogen) atoms. The minimum Gasteiger partial charge on any atom is -0.368 e. The van der Waals surface area contributed by atoms with E-state index in [1.807, 2.05) is 17.9 Å². The molecular formula is C12H17BrN4O. The number of piperidine rings is 1. The number of rotatable bonds is 3. The van der Waals surface area contributed by atoms with Gasteiger partial charge in [-0.05, 0) is 35.2 Å². The van der Waals surface area contributed by atoms with Crippen molar-refractivity contribution in [2.75, 3.05) is 11.4 Å². The maximum absolute atomic E-state index is 11.5. The van der Waals surface area contributed by atoms with Crippen LogP contribution in [0.2, 0.25) is 0 Å². The van der Waals surface area contributed by atoms with Crippen LogP contribution in [-0.4, -0.2) is 28.5 Å². The van der Waals surface area contributed by atoms with E-state index < -0.39 is 0 Å². The molecule has 1 unspecified atom stereocenters. The van der Waals surface area contributed by atoms with Crippen molar-refractivity contribution in [1.82, 2.24) is 9.97 Å². The summed E-state index contributed by atoms with van der Waals surface area (Å²) in [4.78, 5) is 22.3. The molecule has 1 aliphatic heterocycles. The monoisotopic (exact) mass is 312 g/mol.